The van der Waals surface area contributed by atoms with Crippen LogP contribution in [0.3, 0.4) is 0 Å². The van der Waals surface area contributed by atoms with Crippen molar-refractivity contribution in [2.45, 2.75) is 32.5 Å². The minimum Gasteiger partial charge on any atom is -0.383 e. The number of aryl methyl sites for hydroxylation is 1. The number of aromatic nitrogens is 1. The molecule has 2 amide bonds. The van der Waals surface area contributed by atoms with Crippen LogP contribution in [0.15, 0.2) is 41.8 Å². The highest BCUT2D eigenvalue weighted by Gasteiger charge is 2.47. The monoisotopic (exact) mass is 411 g/mol. The van der Waals surface area contributed by atoms with Crippen LogP contribution in [0.2, 0.25) is 0 Å². The summed E-state index contributed by atoms with van der Waals surface area (Å²) < 4.78 is 7.05. The van der Waals surface area contributed by atoms with Crippen molar-refractivity contribution in [3.63, 3.8) is 0 Å². The van der Waals surface area contributed by atoms with Crippen molar-refractivity contribution in [2.75, 3.05) is 20.3 Å². The van der Waals surface area contributed by atoms with E-state index in [-0.39, 0.29) is 11.8 Å². The van der Waals surface area contributed by atoms with Gasteiger partial charge in [-0.2, -0.15) is 0 Å². The number of thiophene rings is 1. The van der Waals surface area contributed by atoms with Crippen LogP contribution >= 0.6 is 11.3 Å². The maximum atomic E-state index is 13.5. The van der Waals surface area contributed by atoms with Crippen molar-refractivity contribution in [2.24, 2.45) is 0 Å². The maximum absolute atomic E-state index is 13.5. The molecule has 0 spiro atoms. The van der Waals surface area contributed by atoms with Crippen LogP contribution in [0, 0.1) is 6.92 Å². The largest absolute Gasteiger partial charge is 0.383 e. The molecular weight excluding hydrogens is 386 g/mol. The van der Waals surface area contributed by atoms with Gasteiger partial charge in [-0.25, -0.2) is 0 Å². The van der Waals surface area contributed by atoms with Crippen molar-refractivity contribution in [1.82, 2.24) is 14.8 Å². The lowest BCUT2D eigenvalue weighted by atomic mass is 9.93. The second-order valence-electron chi connectivity index (χ2n) is 7.70. The predicted octanol–water partition coefficient (Wildman–Crippen LogP) is 3.19. The molecule has 1 aliphatic rings. The highest BCUT2D eigenvalue weighted by molar-refractivity contribution is 7.16. The van der Waals surface area contributed by atoms with Gasteiger partial charge in [0, 0.05) is 25.6 Å². The molecule has 0 radical (unpaired) electrons. The van der Waals surface area contributed by atoms with E-state index in [0.717, 1.165) is 21.3 Å². The number of fused-ring (bicyclic) bond motifs is 3. The Bertz CT molecular complexity index is 1070. The molecular formula is C22H25N3O3S. The summed E-state index contributed by atoms with van der Waals surface area (Å²) in [5, 5.41) is 5.99. The molecule has 0 bridgehead atoms. The first-order valence-electron chi connectivity index (χ1n) is 9.65. The summed E-state index contributed by atoms with van der Waals surface area (Å²) in [5.41, 5.74) is 1.78. The van der Waals surface area contributed by atoms with Gasteiger partial charge in [-0.15, -0.1) is 11.3 Å². The lowest BCUT2D eigenvalue weighted by Gasteiger charge is -2.44. The summed E-state index contributed by atoms with van der Waals surface area (Å²) in [6, 6.07) is 12.0. The summed E-state index contributed by atoms with van der Waals surface area (Å²) in [6.07, 6.45) is 0. The van der Waals surface area contributed by atoms with Gasteiger partial charge in [0.1, 0.15) is 16.1 Å². The highest BCUT2D eigenvalue weighted by atomic mass is 32.1. The summed E-state index contributed by atoms with van der Waals surface area (Å²) in [6.45, 7) is 5.51. The molecule has 7 heteroatoms. The zero-order valence-corrected chi connectivity index (χ0v) is 17.7. The first-order valence-corrected chi connectivity index (χ1v) is 10.5. The van der Waals surface area contributed by atoms with Crippen LogP contribution in [-0.4, -0.2) is 47.1 Å². The lowest BCUT2D eigenvalue weighted by molar-refractivity contribution is -0.133. The third-order valence-corrected chi connectivity index (χ3v) is 6.48. The van der Waals surface area contributed by atoms with Crippen LogP contribution in [0.25, 0.3) is 10.2 Å². The van der Waals surface area contributed by atoms with Crippen LogP contribution in [0.5, 0.6) is 0 Å². The summed E-state index contributed by atoms with van der Waals surface area (Å²) in [7, 11) is 1.60. The molecule has 0 fully saturated rings. The number of ether oxygens (including phenoxy) is 1. The highest BCUT2D eigenvalue weighted by Crippen LogP contribution is 2.35. The molecule has 1 aromatic carbocycles. The van der Waals surface area contributed by atoms with Gasteiger partial charge < -0.3 is 19.5 Å². The normalized spacial score (nSPS) is 18.9. The Balaban J connectivity index is 1.75. The molecule has 6 nitrogen and oxygen atoms in total. The van der Waals surface area contributed by atoms with E-state index in [1.165, 1.54) is 0 Å². The molecule has 1 N–H and O–H groups in total. The number of carbonyl (C=O) groups is 2. The first kappa shape index (κ1) is 19.7. The van der Waals surface area contributed by atoms with E-state index in [1.54, 1.807) is 23.3 Å². The van der Waals surface area contributed by atoms with Crippen molar-refractivity contribution >= 4 is 33.4 Å². The van der Waals surface area contributed by atoms with Gasteiger partial charge in [0.25, 0.3) is 5.91 Å². The lowest BCUT2D eigenvalue weighted by Crippen LogP contribution is -2.63. The van der Waals surface area contributed by atoms with Crippen LogP contribution in [-0.2, 0) is 22.6 Å². The molecule has 3 aromatic rings. The summed E-state index contributed by atoms with van der Waals surface area (Å²) >= 11 is 1.59. The topological polar surface area (TPSA) is 63.6 Å². The Kier molecular flexibility index (Phi) is 5.19. The molecule has 0 unspecified atom stereocenters. The predicted molar refractivity (Wildman–Crippen MR) is 114 cm³/mol. The maximum Gasteiger partial charge on any atom is 0.271 e. The third-order valence-electron chi connectivity index (χ3n) is 5.53. The quantitative estimate of drug-likeness (QED) is 0.634. The van der Waals surface area contributed by atoms with E-state index in [4.69, 9.17) is 4.74 Å². The summed E-state index contributed by atoms with van der Waals surface area (Å²) in [5.74, 6) is -0.287. The Labute approximate surface area is 174 Å². The van der Waals surface area contributed by atoms with Crippen molar-refractivity contribution in [1.29, 1.82) is 0 Å². The van der Waals surface area contributed by atoms with E-state index in [0.29, 0.717) is 31.9 Å². The van der Waals surface area contributed by atoms with Gasteiger partial charge in [-0.1, -0.05) is 29.8 Å². The first-order chi connectivity index (χ1) is 13.9. The van der Waals surface area contributed by atoms with Crippen LogP contribution < -0.4 is 5.32 Å². The molecule has 2 aromatic heterocycles. The zero-order valence-electron chi connectivity index (χ0n) is 16.9. The number of methoxy groups -OCH3 is 1. The van der Waals surface area contributed by atoms with Gasteiger partial charge in [0.05, 0.1) is 13.2 Å². The van der Waals surface area contributed by atoms with Crippen LogP contribution in [0.1, 0.15) is 28.5 Å². The van der Waals surface area contributed by atoms with Gasteiger partial charge in [0.2, 0.25) is 5.91 Å². The Morgan fingerprint density at radius 3 is 2.90 bits per heavy atom. The number of nitrogens with zero attached hydrogens (tertiary/aromatic N) is 2. The molecule has 0 saturated heterocycles. The molecule has 1 atom stereocenters. The van der Waals surface area contributed by atoms with Crippen LogP contribution in [0.4, 0.5) is 0 Å². The Hall–Kier alpha value is -2.64. The number of carbonyl (C=O) groups excluding carboxylic acids is 2. The fraction of sp³-hybridized carbons (Fsp3) is 0.364. The molecule has 1 aliphatic heterocycles. The number of hydrogen-bond acceptors (Lipinski definition) is 4. The third kappa shape index (κ3) is 3.45. The number of rotatable bonds is 6. The average Bonchev–Trinajstić information content (AvgIpc) is 3.28. The number of nitrogens with one attached hydrogen (secondary N) is 1. The van der Waals surface area contributed by atoms with E-state index in [2.05, 4.69) is 11.4 Å². The van der Waals surface area contributed by atoms with Gasteiger partial charge in [0.15, 0.2) is 0 Å². The number of amides is 2. The fourth-order valence-electron chi connectivity index (χ4n) is 3.96. The number of hydrogen-bond donors (Lipinski definition) is 1. The van der Waals surface area contributed by atoms with Gasteiger partial charge in [-0.3, -0.25) is 9.59 Å². The standard InChI is InChI=1S/C22H25N3O3S/c1-15-5-4-6-16(11-15)13-25-19(26)18-12-17-7-10-29-20(17)24(18)14-22(25,2)21(27)23-8-9-28-3/h4-7,10-12H,8-9,13-14H2,1-3H3,(H,23,27)/t22-/m1/s1. The smallest absolute Gasteiger partial charge is 0.271 e. The fourth-order valence-corrected chi connectivity index (χ4v) is 4.85. The van der Waals surface area contributed by atoms with Crippen molar-refractivity contribution in [3.8, 4) is 0 Å². The van der Waals surface area contributed by atoms with Crippen molar-refractivity contribution in [3.05, 3.63) is 58.6 Å². The summed E-state index contributed by atoms with van der Waals surface area (Å²) in [4.78, 5) is 29.5. The Morgan fingerprint density at radius 1 is 1.31 bits per heavy atom. The van der Waals surface area contributed by atoms with E-state index in [9.17, 15) is 9.59 Å². The van der Waals surface area contributed by atoms with E-state index >= 15 is 0 Å². The molecule has 152 valence electrons. The molecule has 29 heavy (non-hydrogen) atoms. The minimum atomic E-state index is -1.00. The SMILES string of the molecule is COCCNC(=O)[C@@]1(C)Cn2c(cc3ccsc32)C(=O)N1Cc1cccc(C)c1. The van der Waals surface area contributed by atoms with E-state index in [1.807, 2.05) is 54.1 Å². The van der Waals surface area contributed by atoms with E-state index < -0.39 is 5.54 Å². The second kappa shape index (κ2) is 7.65. The molecule has 0 saturated carbocycles. The molecule has 4 rings (SSSR count). The molecule has 3 heterocycles. The second-order valence-corrected chi connectivity index (χ2v) is 8.59. The zero-order chi connectivity index (χ0) is 20.6. The number of benzene rings is 1. The Morgan fingerprint density at radius 2 is 2.14 bits per heavy atom. The minimum absolute atomic E-state index is 0.120. The van der Waals surface area contributed by atoms with Gasteiger partial charge >= 0.3 is 0 Å². The molecule has 0 aliphatic carbocycles. The van der Waals surface area contributed by atoms with Gasteiger partial charge in [-0.05, 0) is 36.9 Å². The average molecular weight is 412 g/mol. The van der Waals surface area contributed by atoms with Crippen molar-refractivity contribution < 1.29 is 14.3 Å².